The Hall–Kier alpha value is -1.69. The first kappa shape index (κ1) is 11.4. The molecule has 0 spiro atoms. The van der Waals surface area contributed by atoms with Crippen LogP contribution in [-0.2, 0) is 10.3 Å². The van der Waals surface area contributed by atoms with E-state index in [4.69, 9.17) is 0 Å². The van der Waals surface area contributed by atoms with Gasteiger partial charge in [0.15, 0.2) is 0 Å². The zero-order valence-corrected chi connectivity index (χ0v) is 9.15. The Bertz CT molecular complexity index is 385. The summed E-state index contributed by atoms with van der Waals surface area (Å²) in [4.78, 5) is 4.85. The Morgan fingerprint density at radius 1 is 1.00 bits per heavy atom. The first-order valence-corrected chi connectivity index (χ1v) is 5.32. The molecule has 1 fully saturated rings. The minimum absolute atomic E-state index is 0.151. The third kappa shape index (κ3) is 2.21. The molecule has 15 heavy (non-hydrogen) atoms. The van der Waals surface area contributed by atoms with Gasteiger partial charge in [-0.25, -0.2) is 0 Å². The monoisotopic (exact) mass is 227 g/mol. The van der Waals surface area contributed by atoms with Gasteiger partial charge in [0.1, 0.15) is 0 Å². The van der Waals surface area contributed by atoms with Gasteiger partial charge in [-0.15, -0.1) is 0 Å². The maximum Gasteiger partial charge on any atom is 0.256 e. The van der Waals surface area contributed by atoms with Gasteiger partial charge in [0.2, 0.25) is 5.11 Å². The summed E-state index contributed by atoms with van der Waals surface area (Å²) in [5.74, 6) is 0. The lowest BCUT2D eigenvalue weighted by atomic mass is 10.5. The highest BCUT2D eigenvalue weighted by Crippen LogP contribution is 2.10. The van der Waals surface area contributed by atoms with Gasteiger partial charge in [0, 0.05) is 12.4 Å². The van der Waals surface area contributed by atoms with Crippen molar-refractivity contribution in [2.24, 2.45) is 0 Å². The summed E-state index contributed by atoms with van der Waals surface area (Å²) in [5.41, 5.74) is 0. The van der Waals surface area contributed by atoms with Gasteiger partial charge < -0.3 is 14.7 Å². The van der Waals surface area contributed by atoms with E-state index in [1.807, 2.05) is 4.90 Å². The molecule has 6 heteroatoms. The van der Waals surface area contributed by atoms with Crippen molar-refractivity contribution in [2.45, 2.75) is 0 Å². The molecule has 0 unspecified atom stereocenters. The highest BCUT2D eigenvalue weighted by Gasteiger charge is 2.24. The molecule has 82 valence electrons. The summed E-state index contributed by atoms with van der Waals surface area (Å²) in [7, 11) is -2.31. The fourth-order valence-corrected chi connectivity index (χ4v) is 1.95. The van der Waals surface area contributed by atoms with Crippen molar-refractivity contribution >= 4 is 15.4 Å². The smallest absolute Gasteiger partial charge is 0.256 e. The zero-order valence-electron chi connectivity index (χ0n) is 8.33. The molecule has 0 aromatic rings. The van der Waals surface area contributed by atoms with E-state index in [0.29, 0.717) is 13.3 Å². The Labute approximate surface area is 90.7 Å². The summed E-state index contributed by atoms with van der Waals surface area (Å²) >= 11 is 0. The molecule has 0 atom stereocenters. The molecule has 0 radical (unpaired) electrons. The molecule has 1 heterocycles. The number of rotatable bonds is 3. The molecule has 5 nitrogen and oxygen atoms in total. The van der Waals surface area contributed by atoms with E-state index in [9.17, 15) is 8.42 Å². The van der Waals surface area contributed by atoms with Gasteiger partial charge in [-0.2, -0.15) is 8.42 Å². The Morgan fingerprint density at radius 2 is 1.47 bits per heavy atom. The summed E-state index contributed by atoms with van der Waals surface area (Å²) in [6, 6.07) is 0. The van der Waals surface area contributed by atoms with Crippen LogP contribution in [0, 0.1) is 0 Å². The standard InChI is InChI=1S/C9H13N3O2S/c1-4-10-7-11(5-2)9(15(13)14)12(6-3)8-10/h4-6H,1-3,7-8H2. The van der Waals surface area contributed by atoms with Crippen LogP contribution in [0.25, 0.3) is 0 Å². The highest BCUT2D eigenvalue weighted by atomic mass is 32.2. The van der Waals surface area contributed by atoms with Gasteiger partial charge in [0.25, 0.3) is 10.3 Å². The maximum atomic E-state index is 11.0. The van der Waals surface area contributed by atoms with Gasteiger partial charge in [-0.1, -0.05) is 19.7 Å². The topological polar surface area (TPSA) is 43.9 Å². The van der Waals surface area contributed by atoms with E-state index in [1.165, 1.54) is 22.2 Å². The van der Waals surface area contributed by atoms with Crippen LogP contribution in [0.1, 0.15) is 0 Å². The molecular weight excluding hydrogens is 214 g/mol. The minimum atomic E-state index is -2.31. The van der Waals surface area contributed by atoms with Crippen LogP contribution in [0.4, 0.5) is 0 Å². The molecule has 0 bridgehead atoms. The quantitative estimate of drug-likeness (QED) is 0.645. The molecule has 0 saturated carbocycles. The molecule has 1 aliphatic heterocycles. The lowest BCUT2D eigenvalue weighted by Gasteiger charge is -2.40. The Kier molecular flexibility index (Phi) is 3.56. The lowest BCUT2D eigenvalue weighted by molar-refractivity contribution is 0.182. The fourth-order valence-electron chi connectivity index (χ4n) is 1.30. The van der Waals surface area contributed by atoms with Crippen molar-refractivity contribution in [1.82, 2.24) is 14.7 Å². The van der Waals surface area contributed by atoms with Crippen molar-refractivity contribution in [1.29, 1.82) is 0 Å². The predicted molar refractivity (Wildman–Crippen MR) is 59.8 cm³/mol. The second kappa shape index (κ2) is 4.70. The molecule has 0 N–H and O–H groups in total. The van der Waals surface area contributed by atoms with Crippen LogP contribution in [0.15, 0.2) is 38.3 Å². The first-order chi connectivity index (χ1) is 7.13. The van der Waals surface area contributed by atoms with Crippen molar-refractivity contribution in [3.63, 3.8) is 0 Å². The van der Waals surface area contributed by atoms with Crippen LogP contribution in [0.5, 0.6) is 0 Å². The van der Waals surface area contributed by atoms with Crippen LogP contribution in [0.3, 0.4) is 0 Å². The summed E-state index contributed by atoms with van der Waals surface area (Å²) in [6.45, 7) is 11.6. The van der Waals surface area contributed by atoms with E-state index in [-0.39, 0.29) is 5.11 Å². The first-order valence-electron chi connectivity index (χ1n) is 4.25. The molecule has 0 amide bonds. The average molecular weight is 227 g/mol. The van der Waals surface area contributed by atoms with Crippen LogP contribution >= 0.6 is 0 Å². The van der Waals surface area contributed by atoms with Crippen LogP contribution in [-0.4, -0.2) is 41.6 Å². The zero-order chi connectivity index (χ0) is 11.4. The van der Waals surface area contributed by atoms with Gasteiger partial charge >= 0.3 is 0 Å². The fraction of sp³-hybridized carbons (Fsp3) is 0.222. The van der Waals surface area contributed by atoms with Gasteiger partial charge in [-0.3, -0.25) is 0 Å². The largest absolute Gasteiger partial charge is 0.342 e. The minimum Gasteiger partial charge on any atom is -0.342 e. The van der Waals surface area contributed by atoms with E-state index < -0.39 is 10.3 Å². The van der Waals surface area contributed by atoms with E-state index in [2.05, 4.69) is 19.7 Å². The third-order valence-electron chi connectivity index (χ3n) is 2.01. The SMILES string of the molecule is C=CN1CN(C=C)C(=S(=O)=O)N(C=C)C1. The Balaban J connectivity index is 3.14. The third-order valence-corrected chi connectivity index (χ3v) is 2.77. The summed E-state index contributed by atoms with van der Waals surface area (Å²) in [5, 5.41) is 0.151. The van der Waals surface area contributed by atoms with Gasteiger partial charge in [0.05, 0.1) is 13.3 Å². The van der Waals surface area contributed by atoms with Gasteiger partial charge in [-0.05, 0) is 6.20 Å². The van der Waals surface area contributed by atoms with E-state index in [0.717, 1.165) is 0 Å². The van der Waals surface area contributed by atoms with E-state index >= 15 is 0 Å². The molecule has 1 aliphatic rings. The predicted octanol–water partition coefficient (Wildman–Crippen LogP) is 0.218. The number of hydrogen-bond donors (Lipinski definition) is 0. The molecule has 0 aromatic carbocycles. The molecule has 1 rings (SSSR count). The lowest BCUT2D eigenvalue weighted by Crippen LogP contribution is -2.53. The van der Waals surface area contributed by atoms with Crippen molar-refractivity contribution < 1.29 is 8.42 Å². The average Bonchev–Trinajstić information content (AvgIpc) is 2.26. The highest BCUT2D eigenvalue weighted by molar-refractivity contribution is 7.72. The van der Waals surface area contributed by atoms with Crippen molar-refractivity contribution in [2.75, 3.05) is 13.3 Å². The maximum absolute atomic E-state index is 11.0. The van der Waals surface area contributed by atoms with E-state index in [1.54, 1.807) is 6.20 Å². The van der Waals surface area contributed by atoms with Crippen LogP contribution in [0.2, 0.25) is 0 Å². The summed E-state index contributed by atoms with van der Waals surface area (Å²) in [6.07, 6.45) is 4.55. The summed E-state index contributed by atoms with van der Waals surface area (Å²) < 4.78 is 22.1. The molecule has 0 aromatic heterocycles. The molecular formula is C9H13N3O2S. The second-order valence-corrected chi connectivity index (χ2v) is 3.71. The molecule has 1 saturated heterocycles. The number of hydrogen-bond acceptors (Lipinski definition) is 3. The van der Waals surface area contributed by atoms with Crippen molar-refractivity contribution in [3.8, 4) is 0 Å². The number of nitrogens with zero attached hydrogens (tertiary/aromatic N) is 3. The van der Waals surface area contributed by atoms with Crippen molar-refractivity contribution in [3.05, 3.63) is 38.3 Å². The molecule has 0 aliphatic carbocycles. The normalized spacial score (nSPS) is 16.3. The van der Waals surface area contributed by atoms with Crippen LogP contribution < -0.4 is 0 Å². The second-order valence-electron chi connectivity index (χ2n) is 2.88. The Morgan fingerprint density at radius 3 is 1.73 bits per heavy atom.